The number of pyridine rings is 1. The van der Waals surface area contributed by atoms with Crippen molar-refractivity contribution in [2.24, 2.45) is 0 Å². The van der Waals surface area contributed by atoms with E-state index in [0.29, 0.717) is 17.8 Å². The standard InChI is InChI=1S/C27H31N3O3S/c1-4-13-30(14-5-2)17-18-15-19(11-12-22(18)31)29-25-21(27(32)33-6-3)16-28-24-20-9-7-8-10-23(20)34-26(24)25/h7-12,15-16,31H,4-6,13-14,17H2,1-3H3,(H,28,29). The highest BCUT2D eigenvalue weighted by atomic mass is 32.1. The molecule has 0 unspecified atom stereocenters. The third-order valence-electron chi connectivity index (χ3n) is 5.71. The minimum Gasteiger partial charge on any atom is -0.508 e. The molecule has 0 aliphatic rings. The molecule has 0 saturated carbocycles. The van der Waals surface area contributed by atoms with E-state index < -0.39 is 5.97 Å². The molecule has 2 aromatic heterocycles. The number of phenols is 1. The van der Waals surface area contributed by atoms with Crippen LogP contribution in [0.3, 0.4) is 0 Å². The van der Waals surface area contributed by atoms with Gasteiger partial charge in [-0.15, -0.1) is 11.3 Å². The average Bonchev–Trinajstić information content (AvgIpc) is 3.21. The van der Waals surface area contributed by atoms with Crippen molar-refractivity contribution >= 4 is 49.0 Å². The summed E-state index contributed by atoms with van der Waals surface area (Å²) in [6.07, 6.45) is 3.71. The summed E-state index contributed by atoms with van der Waals surface area (Å²) in [5, 5.41) is 15.0. The predicted molar refractivity (Wildman–Crippen MR) is 140 cm³/mol. The van der Waals surface area contributed by atoms with Gasteiger partial charge in [-0.3, -0.25) is 9.88 Å². The molecule has 0 fully saturated rings. The summed E-state index contributed by atoms with van der Waals surface area (Å²) in [4.78, 5) is 19.7. The maximum atomic E-state index is 12.8. The molecule has 2 heterocycles. The van der Waals surface area contributed by atoms with Crippen LogP contribution in [0.5, 0.6) is 5.75 Å². The highest BCUT2D eigenvalue weighted by Gasteiger charge is 2.20. The van der Waals surface area contributed by atoms with Crippen LogP contribution >= 0.6 is 11.3 Å². The van der Waals surface area contributed by atoms with E-state index in [2.05, 4.69) is 35.1 Å². The molecule has 6 nitrogen and oxygen atoms in total. The summed E-state index contributed by atoms with van der Waals surface area (Å²) in [6.45, 7) is 9.03. The van der Waals surface area contributed by atoms with Crippen molar-refractivity contribution in [3.05, 3.63) is 59.8 Å². The second-order valence-electron chi connectivity index (χ2n) is 8.29. The maximum Gasteiger partial charge on any atom is 0.341 e. The molecular formula is C27H31N3O3S. The highest BCUT2D eigenvalue weighted by Crippen LogP contribution is 2.40. The molecule has 0 aliphatic heterocycles. The zero-order valence-corrected chi connectivity index (χ0v) is 20.7. The van der Waals surface area contributed by atoms with Crippen LogP contribution in [-0.2, 0) is 11.3 Å². The van der Waals surface area contributed by atoms with Crippen LogP contribution < -0.4 is 5.32 Å². The molecule has 2 N–H and O–H groups in total. The predicted octanol–water partition coefficient (Wildman–Crippen LogP) is 6.70. The summed E-state index contributed by atoms with van der Waals surface area (Å²) in [5.74, 6) is -0.136. The number of thiophene rings is 1. The number of anilines is 2. The van der Waals surface area contributed by atoms with Crippen LogP contribution in [0.2, 0.25) is 0 Å². The zero-order valence-electron chi connectivity index (χ0n) is 19.9. The van der Waals surface area contributed by atoms with Gasteiger partial charge in [-0.25, -0.2) is 4.79 Å². The topological polar surface area (TPSA) is 74.7 Å². The van der Waals surface area contributed by atoms with Crippen LogP contribution in [0.25, 0.3) is 20.3 Å². The van der Waals surface area contributed by atoms with Crippen molar-refractivity contribution in [1.29, 1.82) is 0 Å². The van der Waals surface area contributed by atoms with Gasteiger partial charge in [0.15, 0.2) is 0 Å². The molecule has 0 spiro atoms. The quantitative estimate of drug-likeness (QED) is 0.196. The van der Waals surface area contributed by atoms with Crippen molar-refractivity contribution in [2.45, 2.75) is 40.2 Å². The summed E-state index contributed by atoms with van der Waals surface area (Å²) < 4.78 is 7.33. The van der Waals surface area contributed by atoms with E-state index in [1.807, 2.05) is 30.3 Å². The van der Waals surface area contributed by atoms with E-state index in [4.69, 9.17) is 4.74 Å². The molecule has 0 radical (unpaired) electrons. The molecular weight excluding hydrogens is 446 g/mol. The minimum atomic E-state index is -0.409. The van der Waals surface area contributed by atoms with Gasteiger partial charge in [-0.1, -0.05) is 32.0 Å². The monoisotopic (exact) mass is 477 g/mol. The van der Waals surface area contributed by atoms with E-state index in [1.165, 1.54) is 0 Å². The first-order valence-corrected chi connectivity index (χ1v) is 12.7. The minimum absolute atomic E-state index is 0.273. The third kappa shape index (κ3) is 5.00. The Morgan fingerprint density at radius 2 is 1.88 bits per heavy atom. The van der Waals surface area contributed by atoms with Crippen molar-refractivity contribution < 1.29 is 14.6 Å². The number of ether oxygens (including phenoxy) is 1. The third-order valence-corrected chi connectivity index (χ3v) is 6.88. The Balaban J connectivity index is 1.77. The van der Waals surface area contributed by atoms with Crippen molar-refractivity contribution in [3.63, 3.8) is 0 Å². The average molecular weight is 478 g/mol. The molecule has 0 atom stereocenters. The van der Waals surface area contributed by atoms with Crippen molar-refractivity contribution in [1.82, 2.24) is 9.88 Å². The fourth-order valence-electron chi connectivity index (χ4n) is 4.21. The van der Waals surface area contributed by atoms with Gasteiger partial charge in [0.2, 0.25) is 0 Å². The largest absolute Gasteiger partial charge is 0.508 e. The van der Waals surface area contributed by atoms with Crippen molar-refractivity contribution in [2.75, 3.05) is 25.0 Å². The molecule has 0 aliphatic carbocycles. The summed E-state index contributed by atoms with van der Waals surface area (Å²) in [5.41, 5.74) is 3.59. The number of nitrogens with zero attached hydrogens (tertiary/aromatic N) is 2. The normalized spacial score (nSPS) is 11.4. The van der Waals surface area contributed by atoms with Gasteiger partial charge in [0, 0.05) is 34.1 Å². The lowest BCUT2D eigenvalue weighted by atomic mass is 10.1. The van der Waals surface area contributed by atoms with Gasteiger partial charge in [0.1, 0.15) is 11.3 Å². The summed E-state index contributed by atoms with van der Waals surface area (Å²) >= 11 is 1.60. The number of carbonyl (C=O) groups is 1. The SMILES string of the molecule is CCCN(CCC)Cc1cc(Nc2c(C(=O)OCC)cnc3c2sc2ccccc23)ccc1O. The fourth-order valence-corrected chi connectivity index (χ4v) is 5.37. The van der Waals surface area contributed by atoms with E-state index in [1.54, 1.807) is 30.5 Å². The second-order valence-corrected chi connectivity index (χ2v) is 9.34. The maximum absolute atomic E-state index is 12.8. The molecule has 0 bridgehead atoms. The van der Waals surface area contributed by atoms with Crippen LogP contribution in [0.4, 0.5) is 11.4 Å². The Morgan fingerprint density at radius 1 is 1.12 bits per heavy atom. The van der Waals surface area contributed by atoms with Gasteiger partial charge < -0.3 is 15.2 Å². The molecule has 4 rings (SSSR count). The first-order valence-electron chi connectivity index (χ1n) is 11.8. The van der Waals surface area contributed by atoms with E-state index >= 15 is 0 Å². The number of aromatic hydroxyl groups is 1. The molecule has 2 aromatic carbocycles. The van der Waals surface area contributed by atoms with Crippen LogP contribution in [0, 0.1) is 0 Å². The molecule has 178 valence electrons. The summed E-state index contributed by atoms with van der Waals surface area (Å²) in [6, 6.07) is 13.6. The number of phenolic OH excluding ortho intramolecular Hbond substituents is 1. The van der Waals surface area contributed by atoms with Gasteiger partial charge in [0.05, 0.1) is 22.5 Å². The lowest BCUT2D eigenvalue weighted by Gasteiger charge is -2.22. The zero-order chi connectivity index (χ0) is 24.1. The smallest absolute Gasteiger partial charge is 0.341 e. The Morgan fingerprint density at radius 3 is 2.62 bits per heavy atom. The van der Waals surface area contributed by atoms with Gasteiger partial charge in [-0.2, -0.15) is 0 Å². The Hall–Kier alpha value is -3.16. The Bertz CT molecular complexity index is 1300. The number of benzene rings is 2. The molecule has 0 amide bonds. The Labute approximate surface area is 204 Å². The first-order chi connectivity index (χ1) is 16.5. The number of carbonyl (C=O) groups excluding carboxylic acids is 1. The number of aromatic nitrogens is 1. The lowest BCUT2D eigenvalue weighted by molar-refractivity contribution is 0.0527. The number of nitrogens with one attached hydrogen (secondary N) is 1. The lowest BCUT2D eigenvalue weighted by Crippen LogP contribution is -2.24. The number of esters is 1. The van der Waals surface area contributed by atoms with E-state index in [0.717, 1.165) is 57.5 Å². The van der Waals surface area contributed by atoms with E-state index in [-0.39, 0.29) is 12.4 Å². The number of fused-ring (bicyclic) bond motifs is 3. The number of hydrogen-bond donors (Lipinski definition) is 2. The molecule has 34 heavy (non-hydrogen) atoms. The van der Waals surface area contributed by atoms with Crippen molar-refractivity contribution in [3.8, 4) is 5.75 Å². The van der Waals surface area contributed by atoms with Crippen LogP contribution in [0.1, 0.15) is 49.5 Å². The first kappa shape index (κ1) is 24.0. The van der Waals surface area contributed by atoms with E-state index in [9.17, 15) is 9.90 Å². The highest BCUT2D eigenvalue weighted by molar-refractivity contribution is 7.26. The fraction of sp³-hybridized carbons (Fsp3) is 0.333. The van der Waals surface area contributed by atoms with Crippen LogP contribution in [-0.4, -0.2) is 40.7 Å². The summed E-state index contributed by atoms with van der Waals surface area (Å²) in [7, 11) is 0. The Kier molecular flexibility index (Phi) is 7.65. The number of hydrogen-bond acceptors (Lipinski definition) is 7. The van der Waals surface area contributed by atoms with Gasteiger partial charge >= 0.3 is 5.97 Å². The molecule has 7 heteroatoms. The second kappa shape index (κ2) is 10.8. The van der Waals surface area contributed by atoms with Gasteiger partial charge in [0.25, 0.3) is 0 Å². The number of rotatable bonds is 10. The van der Waals surface area contributed by atoms with Gasteiger partial charge in [-0.05, 0) is 57.1 Å². The molecule has 4 aromatic rings. The molecule has 0 saturated heterocycles. The van der Waals surface area contributed by atoms with Crippen LogP contribution in [0.15, 0.2) is 48.7 Å².